The standard InChI is InChI=1S/C22H23N3O2S/c23-16-22(17-5-2-1-3-6-17)9-12-25(13-10-22)21(26)19-7-4-11-24-20(19)27-18-8-14-28-15-18/h1-7,11,18H,8-10,12-15H2. The Morgan fingerprint density at radius 1 is 1.21 bits per heavy atom. The monoisotopic (exact) mass is 393 g/mol. The van der Waals surface area contributed by atoms with E-state index in [2.05, 4.69) is 11.1 Å². The SMILES string of the molecule is N#CC1(c2ccccc2)CCN(C(=O)c2cccnc2OC2CCSC2)CC1. The molecule has 5 nitrogen and oxygen atoms in total. The minimum atomic E-state index is -0.520. The van der Waals surface area contributed by atoms with Gasteiger partial charge in [-0.15, -0.1) is 0 Å². The van der Waals surface area contributed by atoms with Gasteiger partial charge in [0.15, 0.2) is 0 Å². The van der Waals surface area contributed by atoms with Crippen molar-refractivity contribution in [2.75, 3.05) is 24.6 Å². The summed E-state index contributed by atoms with van der Waals surface area (Å²) in [4.78, 5) is 19.3. The van der Waals surface area contributed by atoms with Crippen molar-refractivity contribution in [1.82, 2.24) is 9.88 Å². The number of benzene rings is 1. The smallest absolute Gasteiger partial charge is 0.259 e. The zero-order chi connectivity index (χ0) is 19.4. The minimum Gasteiger partial charge on any atom is -0.473 e. The molecule has 3 heterocycles. The number of carbonyl (C=O) groups is 1. The van der Waals surface area contributed by atoms with Crippen LogP contribution in [0.2, 0.25) is 0 Å². The Morgan fingerprint density at radius 3 is 2.68 bits per heavy atom. The molecule has 1 unspecified atom stereocenters. The Kier molecular flexibility index (Phi) is 5.54. The number of likely N-dealkylation sites (tertiary alicyclic amines) is 1. The summed E-state index contributed by atoms with van der Waals surface area (Å²) < 4.78 is 6.02. The van der Waals surface area contributed by atoms with Crippen molar-refractivity contribution in [1.29, 1.82) is 5.26 Å². The fourth-order valence-electron chi connectivity index (χ4n) is 3.90. The van der Waals surface area contributed by atoms with E-state index in [1.54, 1.807) is 18.3 Å². The van der Waals surface area contributed by atoms with Crippen LogP contribution >= 0.6 is 11.8 Å². The maximum absolute atomic E-state index is 13.1. The highest BCUT2D eigenvalue weighted by Gasteiger charge is 2.38. The van der Waals surface area contributed by atoms with Gasteiger partial charge in [-0.25, -0.2) is 4.98 Å². The summed E-state index contributed by atoms with van der Waals surface area (Å²) in [6.45, 7) is 1.10. The largest absolute Gasteiger partial charge is 0.473 e. The predicted octanol–water partition coefficient (Wildman–Crippen LogP) is 3.66. The average Bonchev–Trinajstić information content (AvgIpc) is 3.27. The first kappa shape index (κ1) is 18.8. The first-order valence-corrected chi connectivity index (χ1v) is 10.8. The highest BCUT2D eigenvalue weighted by molar-refractivity contribution is 7.99. The van der Waals surface area contributed by atoms with Crippen molar-refractivity contribution in [2.24, 2.45) is 0 Å². The maximum Gasteiger partial charge on any atom is 0.259 e. The molecule has 6 heteroatoms. The van der Waals surface area contributed by atoms with Gasteiger partial charge in [-0.2, -0.15) is 17.0 Å². The number of carbonyl (C=O) groups excluding carboxylic acids is 1. The molecule has 0 aliphatic carbocycles. The molecule has 0 radical (unpaired) electrons. The molecule has 144 valence electrons. The van der Waals surface area contributed by atoms with Crippen LogP contribution in [0.15, 0.2) is 48.7 Å². The summed E-state index contributed by atoms with van der Waals surface area (Å²) in [5, 5.41) is 9.85. The highest BCUT2D eigenvalue weighted by atomic mass is 32.2. The molecular weight excluding hydrogens is 370 g/mol. The molecule has 28 heavy (non-hydrogen) atoms. The molecular formula is C22H23N3O2S. The summed E-state index contributed by atoms with van der Waals surface area (Å²) in [6.07, 6.45) is 4.04. The molecule has 2 aromatic rings. The number of nitriles is 1. The third kappa shape index (κ3) is 3.72. The summed E-state index contributed by atoms with van der Waals surface area (Å²) >= 11 is 1.87. The van der Waals surface area contributed by atoms with Crippen LogP contribution in [-0.2, 0) is 5.41 Å². The van der Waals surface area contributed by atoms with Crippen LogP contribution in [0, 0.1) is 11.3 Å². The second-order valence-corrected chi connectivity index (χ2v) is 8.46. The second kappa shape index (κ2) is 8.24. The molecule has 2 aliphatic rings. The molecule has 1 aromatic heterocycles. The molecule has 2 fully saturated rings. The Balaban J connectivity index is 1.48. The van der Waals surface area contributed by atoms with Gasteiger partial charge < -0.3 is 9.64 Å². The van der Waals surface area contributed by atoms with E-state index >= 15 is 0 Å². The first-order chi connectivity index (χ1) is 13.7. The number of aromatic nitrogens is 1. The van der Waals surface area contributed by atoms with E-state index in [-0.39, 0.29) is 12.0 Å². The van der Waals surface area contributed by atoms with Gasteiger partial charge in [-0.3, -0.25) is 4.79 Å². The highest BCUT2D eigenvalue weighted by Crippen LogP contribution is 2.35. The molecule has 4 rings (SSSR count). The van der Waals surface area contributed by atoms with E-state index < -0.39 is 5.41 Å². The molecule has 1 aromatic carbocycles. The number of thioether (sulfide) groups is 1. The molecule has 1 atom stereocenters. The number of piperidine rings is 1. The van der Waals surface area contributed by atoms with Crippen LogP contribution in [0.1, 0.15) is 35.2 Å². The second-order valence-electron chi connectivity index (χ2n) is 7.31. The number of hydrogen-bond donors (Lipinski definition) is 0. The first-order valence-electron chi connectivity index (χ1n) is 9.67. The Bertz CT molecular complexity index is 867. The topological polar surface area (TPSA) is 66.2 Å². The molecule has 0 N–H and O–H groups in total. The van der Waals surface area contributed by atoms with Gasteiger partial charge in [-0.05, 0) is 42.7 Å². The van der Waals surface area contributed by atoms with Gasteiger partial charge in [-0.1, -0.05) is 30.3 Å². The van der Waals surface area contributed by atoms with Crippen LogP contribution in [0.5, 0.6) is 5.88 Å². The molecule has 2 saturated heterocycles. The van der Waals surface area contributed by atoms with Crippen LogP contribution in [-0.4, -0.2) is 46.5 Å². The average molecular weight is 394 g/mol. The predicted molar refractivity (Wildman–Crippen MR) is 109 cm³/mol. The maximum atomic E-state index is 13.1. The Hall–Kier alpha value is -2.52. The van der Waals surface area contributed by atoms with Crippen molar-refractivity contribution in [2.45, 2.75) is 30.8 Å². The molecule has 0 spiro atoms. The number of ether oxygens (including phenoxy) is 1. The van der Waals surface area contributed by atoms with Gasteiger partial charge in [0.2, 0.25) is 5.88 Å². The van der Waals surface area contributed by atoms with E-state index in [1.807, 2.05) is 47.0 Å². The van der Waals surface area contributed by atoms with E-state index in [4.69, 9.17) is 4.74 Å². The summed E-state index contributed by atoms with van der Waals surface area (Å²) in [5.74, 6) is 2.40. The van der Waals surface area contributed by atoms with E-state index in [0.29, 0.717) is 37.4 Å². The van der Waals surface area contributed by atoms with Crippen LogP contribution < -0.4 is 4.74 Å². The lowest BCUT2D eigenvalue weighted by atomic mass is 9.74. The van der Waals surface area contributed by atoms with Gasteiger partial charge >= 0.3 is 0 Å². The Morgan fingerprint density at radius 2 is 2.00 bits per heavy atom. The van der Waals surface area contributed by atoms with Crippen molar-refractivity contribution in [3.8, 4) is 11.9 Å². The van der Waals surface area contributed by atoms with E-state index in [1.165, 1.54) is 0 Å². The molecule has 0 bridgehead atoms. The van der Waals surface area contributed by atoms with Crippen molar-refractivity contribution in [3.05, 3.63) is 59.8 Å². The number of pyridine rings is 1. The number of amides is 1. The van der Waals surface area contributed by atoms with Crippen LogP contribution in [0.3, 0.4) is 0 Å². The van der Waals surface area contributed by atoms with E-state index in [9.17, 15) is 10.1 Å². The number of hydrogen-bond acceptors (Lipinski definition) is 5. The normalized spacial score (nSPS) is 21.1. The Labute approximate surface area is 169 Å². The van der Waals surface area contributed by atoms with Gasteiger partial charge in [0, 0.05) is 25.0 Å². The van der Waals surface area contributed by atoms with E-state index in [0.717, 1.165) is 23.5 Å². The molecule has 2 aliphatic heterocycles. The third-order valence-electron chi connectivity index (χ3n) is 5.61. The fourth-order valence-corrected chi connectivity index (χ4v) is 4.99. The summed E-state index contributed by atoms with van der Waals surface area (Å²) in [7, 11) is 0. The summed E-state index contributed by atoms with van der Waals surface area (Å²) in [6, 6.07) is 16.0. The minimum absolute atomic E-state index is 0.0617. The molecule has 0 saturated carbocycles. The lowest BCUT2D eigenvalue weighted by Crippen LogP contribution is -2.44. The van der Waals surface area contributed by atoms with Crippen molar-refractivity contribution >= 4 is 17.7 Å². The third-order valence-corrected chi connectivity index (χ3v) is 6.74. The lowest BCUT2D eigenvalue weighted by Gasteiger charge is -2.37. The lowest BCUT2D eigenvalue weighted by molar-refractivity contribution is 0.0684. The quantitative estimate of drug-likeness (QED) is 0.793. The number of nitrogens with zero attached hydrogens (tertiary/aromatic N) is 3. The van der Waals surface area contributed by atoms with Gasteiger partial charge in [0.1, 0.15) is 11.7 Å². The summed E-state index contributed by atoms with van der Waals surface area (Å²) in [5.41, 5.74) is 1.03. The fraction of sp³-hybridized carbons (Fsp3) is 0.409. The van der Waals surface area contributed by atoms with Crippen LogP contribution in [0.25, 0.3) is 0 Å². The number of rotatable bonds is 4. The van der Waals surface area contributed by atoms with Crippen molar-refractivity contribution in [3.63, 3.8) is 0 Å². The van der Waals surface area contributed by atoms with Crippen LogP contribution in [0.4, 0.5) is 0 Å². The zero-order valence-corrected chi connectivity index (χ0v) is 16.5. The molecule has 1 amide bonds. The zero-order valence-electron chi connectivity index (χ0n) is 15.7. The van der Waals surface area contributed by atoms with Crippen molar-refractivity contribution < 1.29 is 9.53 Å². The van der Waals surface area contributed by atoms with Gasteiger partial charge in [0.05, 0.1) is 11.5 Å². The van der Waals surface area contributed by atoms with Gasteiger partial charge in [0.25, 0.3) is 5.91 Å².